The van der Waals surface area contributed by atoms with Gasteiger partial charge in [-0.2, -0.15) is 0 Å². The van der Waals surface area contributed by atoms with Gasteiger partial charge in [0, 0.05) is 6.04 Å². The van der Waals surface area contributed by atoms with Crippen LogP contribution >= 0.6 is 0 Å². The van der Waals surface area contributed by atoms with E-state index in [1.807, 2.05) is 20.8 Å². The molecule has 0 heterocycles. The highest BCUT2D eigenvalue weighted by molar-refractivity contribution is 5.82. The Bertz CT molecular complexity index is 243. The van der Waals surface area contributed by atoms with Crippen molar-refractivity contribution in [3.8, 4) is 0 Å². The number of carbonyl (C=O) groups excluding carboxylic acids is 1. The maximum Gasteiger partial charge on any atom is 0.237 e. The summed E-state index contributed by atoms with van der Waals surface area (Å²) in [4.78, 5) is 11.7. The first-order chi connectivity index (χ1) is 7.41. The molecule has 16 heavy (non-hydrogen) atoms. The van der Waals surface area contributed by atoms with Crippen LogP contribution in [0, 0.1) is 11.8 Å². The number of hydrogen-bond donors (Lipinski definition) is 3. The van der Waals surface area contributed by atoms with Gasteiger partial charge >= 0.3 is 0 Å². The lowest BCUT2D eigenvalue weighted by molar-refractivity contribution is -0.124. The molecule has 1 fully saturated rings. The lowest BCUT2D eigenvalue weighted by Crippen LogP contribution is -2.50. The van der Waals surface area contributed by atoms with Crippen molar-refractivity contribution >= 4 is 5.91 Å². The van der Waals surface area contributed by atoms with Crippen molar-refractivity contribution in [2.24, 2.45) is 17.6 Å². The Morgan fingerprint density at radius 2 is 2.06 bits per heavy atom. The second-order valence-corrected chi connectivity index (χ2v) is 5.33. The number of carbonyl (C=O) groups is 1. The van der Waals surface area contributed by atoms with Gasteiger partial charge in [-0.15, -0.1) is 0 Å². The fourth-order valence-electron chi connectivity index (χ4n) is 2.11. The molecular weight excluding hydrogens is 204 g/mol. The van der Waals surface area contributed by atoms with Crippen LogP contribution in [0.4, 0.5) is 0 Å². The van der Waals surface area contributed by atoms with Gasteiger partial charge in [-0.1, -0.05) is 20.8 Å². The third-order valence-electron chi connectivity index (χ3n) is 3.49. The number of nitrogens with one attached hydrogen (secondary N) is 1. The van der Waals surface area contributed by atoms with Crippen LogP contribution in [0.2, 0.25) is 0 Å². The molecule has 4 atom stereocenters. The molecule has 1 amide bonds. The summed E-state index contributed by atoms with van der Waals surface area (Å²) in [6.45, 7) is 5.90. The zero-order valence-corrected chi connectivity index (χ0v) is 10.4. The Hall–Kier alpha value is -0.610. The number of amides is 1. The Morgan fingerprint density at radius 1 is 1.44 bits per heavy atom. The van der Waals surface area contributed by atoms with Crippen molar-refractivity contribution in [3.63, 3.8) is 0 Å². The molecule has 0 aromatic carbocycles. The highest BCUT2D eigenvalue weighted by Gasteiger charge is 2.28. The third kappa shape index (κ3) is 3.46. The lowest BCUT2D eigenvalue weighted by atomic mass is 9.84. The first-order valence-corrected chi connectivity index (χ1v) is 6.15. The summed E-state index contributed by atoms with van der Waals surface area (Å²) in [7, 11) is 0. The summed E-state index contributed by atoms with van der Waals surface area (Å²) in [5.41, 5.74) is 5.78. The van der Waals surface area contributed by atoms with Crippen LogP contribution in [0.3, 0.4) is 0 Å². The molecule has 1 rings (SSSR count). The minimum atomic E-state index is -0.429. The zero-order valence-electron chi connectivity index (χ0n) is 10.4. The van der Waals surface area contributed by atoms with Crippen LogP contribution in [-0.4, -0.2) is 29.2 Å². The molecule has 4 N–H and O–H groups in total. The van der Waals surface area contributed by atoms with E-state index in [2.05, 4.69) is 5.32 Å². The molecule has 0 aromatic rings. The van der Waals surface area contributed by atoms with E-state index in [0.717, 1.165) is 19.3 Å². The van der Waals surface area contributed by atoms with E-state index in [9.17, 15) is 9.90 Å². The molecule has 0 radical (unpaired) electrons. The van der Waals surface area contributed by atoms with E-state index in [4.69, 9.17) is 5.73 Å². The predicted molar refractivity (Wildman–Crippen MR) is 63.8 cm³/mol. The van der Waals surface area contributed by atoms with E-state index < -0.39 is 6.04 Å². The lowest BCUT2D eigenvalue weighted by Gasteiger charge is -2.32. The van der Waals surface area contributed by atoms with E-state index >= 15 is 0 Å². The van der Waals surface area contributed by atoms with Crippen LogP contribution < -0.4 is 11.1 Å². The first-order valence-electron chi connectivity index (χ1n) is 6.15. The number of aliphatic hydroxyl groups excluding tert-OH is 1. The van der Waals surface area contributed by atoms with E-state index in [0.29, 0.717) is 0 Å². The summed E-state index contributed by atoms with van der Waals surface area (Å²) in [5, 5.41) is 12.6. The molecule has 1 saturated carbocycles. The van der Waals surface area contributed by atoms with Gasteiger partial charge in [0.2, 0.25) is 5.91 Å². The number of rotatable bonds is 3. The van der Waals surface area contributed by atoms with Gasteiger partial charge in [-0.3, -0.25) is 4.79 Å². The fourth-order valence-corrected chi connectivity index (χ4v) is 2.11. The van der Waals surface area contributed by atoms with Gasteiger partial charge in [0.25, 0.3) is 0 Å². The summed E-state index contributed by atoms with van der Waals surface area (Å²) in [6.07, 6.45) is 2.25. The number of aliphatic hydroxyl groups is 1. The average Bonchev–Trinajstić information content (AvgIpc) is 2.22. The summed E-state index contributed by atoms with van der Waals surface area (Å²) in [6, 6.07) is -0.252. The summed E-state index contributed by atoms with van der Waals surface area (Å²) in [5.74, 6) is 0.351. The normalized spacial score (nSPS) is 32.5. The first kappa shape index (κ1) is 13.5. The van der Waals surface area contributed by atoms with Crippen molar-refractivity contribution < 1.29 is 9.90 Å². The molecule has 94 valence electrons. The second kappa shape index (κ2) is 5.64. The highest BCUT2D eigenvalue weighted by atomic mass is 16.3. The van der Waals surface area contributed by atoms with Crippen molar-refractivity contribution in [1.82, 2.24) is 5.32 Å². The van der Waals surface area contributed by atoms with Gasteiger partial charge < -0.3 is 16.2 Å². The molecule has 4 nitrogen and oxygen atoms in total. The van der Waals surface area contributed by atoms with Crippen LogP contribution in [0.1, 0.15) is 40.0 Å². The van der Waals surface area contributed by atoms with Crippen molar-refractivity contribution in [1.29, 1.82) is 0 Å². The van der Waals surface area contributed by atoms with Crippen LogP contribution in [0.15, 0.2) is 0 Å². The summed E-state index contributed by atoms with van der Waals surface area (Å²) < 4.78 is 0. The van der Waals surface area contributed by atoms with Gasteiger partial charge in [0.1, 0.15) is 0 Å². The minimum absolute atomic E-state index is 0.0661. The third-order valence-corrected chi connectivity index (χ3v) is 3.49. The molecule has 0 spiro atoms. The SMILES string of the molecule is CC(C)[C@@H](N)C(=O)N[C@H]1CC[C@H](O)[C@@H](C)C1. The molecule has 4 heteroatoms. The number of hydrogen-bond acceptors (Lipinski definition) is 3. The molecule has 0 bridgehead atoms. The van der Waals surface area contributed by atoms with Gasteiger partial charge in [-0.25, -0.2) is 0 Å². The van der Waals surface area contributed by atoms with Gasteiger partial charge in [0.05, 0.1) is 12.1 Å². The molecule has 0 unspecified atom stereocenters. The maximum atomic E-state index is 11.7. The van der Waals surface area contributed by atoms with E-state index in [1.165, 1.54) is 0 Å². The smallest absolute Gasteiger partial charge is 0.237 e. The zero-order chi connectivity index (χ0) is 12.3. The van der Waals surface area contributed by atoms with E-state index in [1.54, 1.807) is 0 Å². The van der Waals surface area contributed by atoms with Gasteiger partial charge in [0.15, 0.2) is 0 Å². The molecule has 0 aromatic heterocycles. The molecular formula is C12H24N2O2. The van der Waals surface area contributed by atoms with Crippen LogP contribution in [0.5, 0.6) is 0 Å². The number of nitrogens with two attached hydrogens (primary N) is 1. The standard InChI is InChI=1S/C12H24N2O2/c1-7(2)11(13)12(16)14-9-4-5-10(15)8(3)6-9/h7-11,15H,4-6,13H2,1-3H3,(H,14,16)/t8-,9-,10-,11+/m0/s1. The molecule has 1 aliphatic carbocycles. The monoisotopic (exact) mass is 228 g/mol. The van der Waals surface area contributed by atoms with Crippen molar-refractivity contribution in [3.05, 3.63) is 0 Å². The maximum absolute atomic E-state index is 11.7. The largest absolute Gasteiger partial charge is 0.393 e. The van der Waals surface area contributed by atoms with Crippen molar-refractivity contribution in [2.45, 2.75) is 58.2 Å². The highest BCUT2D eigenvalue weighted by Crippen LogP contribution is 2.24. The van der Waals surface area contributed by atoms with Crippen molar-refractivity contribution in [2.75, 3.05) is 0 Å². The second-order valence-electron chi connectivity index (χ2n) is 5.33. The fraction of sp³-hybridized carbons (Fsp3) is 0.917. The molecule has 1 aliphatic rings. The predicted octanol–water partition coefficient (Wildman–Crippen LogP) is 0.635. The van der Waals surface area contributed by atoms with Crippen LogP contribution in [-0.2, 0) is 4.79 Å². The summed E-state index contributed by atoms with van der Waals surface area (Å²) >= 11 is 0. The Labute approximate surface area is 97.6 Å². The molecule has 0 aliphatic heterocycles. The van der Waals surface area contributed by atoms with E-state index in [-0.39, 0.29) is 29.9 Å². The quantitative estimate of drug-likeness (QED) is 0.663. The topological polar surface area (TPSA) is 75.4 Å². The van der Waals surface area contributed by atoms with Crippen LogP contribution in [0.25, 0.3) is 0 Å². The molecule has 0 saturated heterocycles. The minimum Gasteiger partial charge on any atom is -0.393 e. The Balaban J connectivity index is 2.40. The Morgan fingerprint density at radius 3 is 2.56 bits per heavy atom. The Kier molecular flexibility index (Phi) is 4.74. The van der Waals surface area contributed by atoms with Gasteiger partial charge in [-0.05, 0) is 31.1 Å². The average molecular weight is 228 g/mol.